The third kappa shape index (κ3) is 2.83. The average Bonchev–Trinajstić information content (AvgIpc) is 2.88. The van der Waals surface area contributed by atoms with Crippen LogP contribution in [0.5, 0.6) is 0 Å². The summed E-state index contributed by atoms with van der Waals surface area (Å²) in [7, 11) is 0. The second-order valence-electron chi connectivity index (χ2n) is 4.85. The Labute approximate surface area is 118 Å². The Kier molecular flexibility index (Phi) is 3.57. The Bertz CT molecular complexity index is 666. The minimum absolute atomic E-state index is 0.399. The number of benzene rings is 1. The Morgan fingerprint density at radius 3 is 2.55 bits per heavy atom. The number of thiazole rings is 1. The van der Waals surface area contributed by atoms with Gasteiger partial charge in [0.25, 0.3) is 0 Å². The monoisotopic (exact) mass is 296 g/mol. The summed E-state index contributed by atoms with van der Waals surface area (Å²) >= 11 is 1.27. The van der Waals surface area contributed by atoms with Gasteiger partial charge in [-0.1, -0.05) is 12.1 Å². The van der Waals surface area contributed by atoms with Crippen LogP contribution in [0.1, 0.15) is 24.4 Å². The molecule has 0 N–H and O–H groups in total. The van der Waals surface area contributed by atoms with Crippen LogP contribution in [0.4, 0.5) is 13.2 Å². The van der Waals surface area contributed by atoms with Crippen molar-refractivity contribution in [3.05, 3.63) is 40.2 Å². The van der Waals surface area contributed by atoms with E-state index in [0.29, 0.717) is 16.3 Å². The highest BCUT2D eigenvalue weighted by atomic mass is 32.1. The van der Waals surface area contributed by atoms with Crippen LogP contribution in [-0.4, -0.2) is 4.98 Å². The van der Waals surface area contributed by atoms with Crippen molar-refractivity contribution in [3.8, 4) is 17.3 Å². The molecule has 0 aliphatic carbocycles. The normalized spacial score (nSPS) is 12.2. The number of hydrogen-bond acceptors (Lipinski definition) is 3. The standard InChI is InChI=1S/C14H11F3N2S/c1-13(2,8-18)12-19-11(7-20-12)9-4-3-5-10(6-9)14(15,16)17/h3-7H,1-2H3. The number of rotatable bonds is 2. The molecule has 1 aromatic heterocycles. The van der Waals surface area contributed by atoms with Gasteiger partial charge in [0.2, 0.25) is 0 Å². The minimum atomic E-state index is -4.37. The van der Waals surface area contributed by atoms with Gasteiger partial charge >= 0.3 is 6.18 Å². The highest BCUT2D eigenvalue weighted by Crippen LogP contribution is 2.34. The van der Waals surface area contributed by atoms with Gasteiger partial charge in [0.1, 0.15) is 10.4 Å². The highest BCUT2D eigenvalue weighted by Gasteiger charge is 2.31. The van der Waals surface area contributed by atoms with Gasteiger partial charge in [-0.05, 0) is 26.0 Å². The topological polar surface area (TPSA) is 36.7 Å². The summed E-state index contributed by atoms with van der Waals surface area (Å²) in [6, 6.07) is 7.15. The van der Waals surface area contributed by atoms with Crippen LogP contribution in [0.2, 0.25) is 0 Å². The van der Waals surface area contributed by atoms with E-state index >= 15 is 0 Å². The van der Waals surface area contributed by atoms with Crippen LogP contribution in [0.15, 0.2) is 29.6 Å². The molecule has 2 nitrogen and oxygen atoms in total. The summed E-state index contributed by atoms with van der Waals surface area (Å²) in [5.74, 6) is 0. The molecule has 6 heteroatoms. The molecule has 1 aromatic carbocycles. The van der Waals surface area contributed by atoms with E-state index < -0.39 is 17.2 Å². The van der Waals surface area contributed by atoms with E-state index in [1.807, 2.05) is 0 Å². The molecule has 0 fully saturated rings. The molecule has 2 rings (SSSR count). The maximum atomic E-state index is 12.7. The fourth-order valence-electron chi connectivity index (χ4n) is 1.60. The highest BCUT2D eigenvalue weighted by molar-refractivity contribution is 7.10. The zero-order chi connectivity index (χ0) is 15.0. The number of halogens is 3. The van der Waals surface area contributed by atoms with Gasteiger partial charge in [0, 0.05) is 10.9 Å². The molecule has 0 radical (unpaired) electrons. The summed E-state index contributed by atoms with van der Waals surface area (Å²) < 4.78 is 38.0. The van der Waals surface area contributed by atoms with Crippen LogP contribution in [0, 0.1) is 11.3 Å². The molecule has 0 spiro atoms. The fourth-order valence-corrected chi connectivity index (χ4v) is 2.50. The molecule has 0 aliphatic heterocycles. The Balaban J connectivity index is 2.42. The molecule has 0 amide bonds. The van der Waals surface area contributed by atoms with E-state index in [1.54, 1.807) is 25.3 Å². The molecule has 0 saturated heterocycles. The lowest BCUT2D eigenvalue weighted by atomic mass is 9.97. The molecular formula is C14H11F3N2S. The number of hydrogen-bond donors (Lipinski definition) is 0. The predicted molar refractivity (Wildman–Crippen MR) is 71.2 cm³/mol. The number of nitriles is 1. The summed E-state index contributed by atoms with van der Waals surface area (Å²) in [5, 5.41) is 11.3. The van der Waals surface area contributed by atoms with Gasteiger partial charge in [-0.25, -0.2) is 4.98 Å². The van der Waals surface area contributed by atoms with Gasteiger partial charge in [0.05, 0.1) is 17.3 Å². The molecule has 0 atom stereocenters. The Hall–Kier alpha value is -1.87. The molecule has 0 saturated carbocycles. The summed E-state index contributed by atoms with van der Waals surface area (Å²) in [4.78, 5) is 4.27. The van der Waals surface area contributed by atoms with Crippen LogP contribution < -0.4 is 0 Å². The maximum Gasteiger partial charge on any atom is 0.416 e. The zero-order valence-electron chi connectivity index (χ0n) is 10.8. The van der Waals surface area contributed by atoms with E-state index in [4.69, 9.17) is 5.26 Å². The second kappa shape index (κ2) is 4.91. The lowest BCUT2D eigenvalue weighted by molar-refractivity contribution is -0.137. The van der Waals surface area contributed by atoms with Crippen molar-refractivity contribution < 1.29 is 13.2 Å². The van der Waals surface area contributed by atoms with E-state index in [1.165, 1.54) is 17.4 Å². The van der Waals surface area contributed by atoms with Crippen LogP contribution in [-0.2, 0) is 11.6 Å². The van der Waals surface area contributed by atoms with E-state index in [-0.39, 0.29) is 0 Å². The molecule has 20 heavy (non-hydrogen) atoms. The number of aromatic nitrogens is 1. The van der Waals surface area contributed by atoms with Gasteiger partial charge in [0.15, 0.2) is 0 Å². The average molecular weight is 296 g/mol. The van der Waals surface area contributed by atoms with Crippen molar-refractivity contribution in [2.24, 2.45) is 0 Å². The molecular weight excluding hydrogens is 285 g/mol. The van der Waals surface area contributed by atoms with E-state index in [2.05, 4.69) is 11.1 Å². The number of alkyl halides is 3. The van der Waals surface area contributed by atoms with Crippen molar-refractivity contribution >= 4 is 11.3 Å². The van der Waals surface area contributed by atoms with Crippen molar-refractivity contribution in [2.45, 2.75) is 25.4 Å². The van der Waals surface area contributed by atoms with Crippen LogP contribution in [0.25, 0.3) is 11.3 Å². The fraction of sp³-hybridized carbons (Fsp3) is 0.286. The van der Waals surface area contributed by atoms with Crippen molar-refractivity contribution in [1.29, 1.82) is 5.26 Å². The first-order chi connectivity index (χ1) is 9.24. The van der Waals surface area contributed by atoms with Gasteiger partial charge in [-0.15, -0.1) is 11.3 Å². The molecule has 2 aromatic rings. The van der Waals surface area contributed by atoms with Gasteiger partial charge in [-0.2, -0.15) is 18.4 Å². The van der Waals surface area contributed by atoms with E-state index in [9.17, 15) is 13.2 Å². The second-order valence-corrected chi connectivity index (χ2v) is 5.71. The van der Waals surface area contributed by atoms with Crippen LogP contribution in [0.3, 0.4) is 0 Å². The number of nitrogens with zero attached hydrogens (tertiary/aromatic N) is 2. The first-order valence-electron chi connectivity index (χ1n) is 5.79. The third-order valence-corrected chi connectivity index (χ3v) is 3.97. The largest absolute Gasteiger partial charge is 0.416 e. The zero-order valence-corrected chi connectivity index (χ0v) is 11.6. The van der Waals surface area contributed by atoms with Crippen LogP contribution >= 0.6 is 11.3 Å². The first kappa shape index (κ1) is 14.5. The minimum Gasteiger partial charge on any atom is -0.240 e. The first-order valence-corrected chi connectivity index (χ1v) is 6.67. The molecule has 0 aliphatic rings. The summed E-state index contributed by atoms with van der Waals surface area (Å²) in [6.07, 6.45) is -4.37. The van der Waals surface area contributed by atoms with Gasteiger partial charge < -0.3 is 0 Å². The quantitative estimate of drug-likeness (QED) is 0.810. The smallest absolute Gasteiger partial charge is 0.240 e. The predicted octanol–water partition coefficient (Wildman–Crippen LogP) is 4.63. The SMILES string of the molecule is CC(C)(C#N)c1nc(-c2cccc(C(F)(F)F)c2)cs1. The maximum absolute atomic E-state index is 12.7. The molecule has 104 valence electrons. The molecule has 1 heterocycles. The van der Waals surface area contributed by atoms with Crippen molar-refractivity contribution in [3.63, 3.8) is 0 Å². The van der Waals surface area contributed by atoms with Crippen molar-refractivity contribution in [1.82, 2.24) is 4.98 Å². The van der Waals surface area contributed by atoms with E-state index in [0.717, 1.165) is 12.1 Å². The summed E-state index contributed by atoms with van der Waals surface area (Å²) in [6.45, 7) is 3.45. The van der Waals surface area contributed by atoms with Gasteiger partial charge in [-0.3, -0.25) is 0 Å². The molecule has 0 unspecified atom stereocenters. The third-order valence-electron chi connectivity index (χ3n) is 2.80. The lowest BCUT2D eigenvalue weighted by Gasteiger charge is -2.10. The Morgan fingerprint density at radius 2 is 1.95 bits per heavy atom. The lowest BCUT2D eigenvalue weighted by Crippen LogP contribution is -2.13. The molecule has 0 bridgehead atoms. The summed E-state index contributed by atoms with van der Waals surface area (Å²) in [5.41, 5.74) is -0.593. The Morgan fingerprint density at radius 1 is 1.25 bits per heavy atom. The van der Waals surface area contributed by atoms with Crippen molar-refractivity contribution in [2.75, 3.05) is 0 Å².